The molecular weight excluding hydrogens is 1070 g/mol. The van der Waals surface area contributed by atoms with Crippen LogP contribution in [0.25, 0.3) is 43.8 Å². The quantitative estimate of drug-likeness (QED) is 0.0465. The van der Waals surface area contributed by atoms with Gasteiger partial charge in [-0.05, 0) is 181 Å². The van der Waals surface area contributed by atoms with Gasteiger partial charge < -0.3 is 9.68 Å². The average Bonchev–Trinajstić information content (AvgIpc) is 3.35. The molecule has 0 amide bonds. The van der Waals surface area contributed by atoms with Crippen LogP contribution in [0.5, 0.6) is 5.75 Å². The van der Waals surface area contributed by atoms with Crippen LogP contribution in [0.3, 0.4) is 0 Å². The van der Waals surface area contributed by atoms with Crippen LogP contribution in [0.2, 0.25) is 0 Å². The summed E-state index contributed by atoms with van der Waals surface area (Å²) in [5.41, 5.74) is 6.16. The number of fused-ring (bicyclic) bond motifs is 2. The molecule has 0 bridgehead atoms. The van der Waals surface area contributed by atoms with Crippen molar-refractivity contribution in [3.8, 4) is 28.0 Å². The molecule has 12 heteroatoms. The van der Waals surface area contributed by atoms with Crippen molar-refractivity contribution in [1.29, 1.82) is 0 Å². The second-order valence-electron chi connectivity index (χ2n) is 16.6. The summed E-state index contributed by atoms with van der Waals surface area (Å²) in [6, 6.07) is 33.0. The molecule has 0 unspecified atom stereocenters. The van der Waals surface area contributed by atoms with E-state index < -0.39 is 5.82 Å². The smallest absolute Gasteiger partial charge is 0.535 e. The van der Waals surface area contributed by atoms with E-state index in [0.717, 1.165) is 125 Å². The van der Waals surface area contributed by atoms with Crippen molar-refractivity contribution >= 4 is 108 Å². The van der Waals surface area contributed by atoms with Gasteiger partial charge >= 0.3 is 7.69 Å². The summed E-state index contributed by atoms with van der Waals surface area (Å²) in [6.07, 6.45) is 21.2. The lowest BCUT2D eigenvalue weighted by atomic mass is 9.95. The van der Waals surface area contributed by atoms with E-state index in [0.29, 0.717) is 18.8 Å². The number of aryl methyl sites for hydroxylation is 3. The SMILES string of the molecule is CCCCCc1ccc(-c2ccc3c(SC)c(-c4ccc(CCCCC)cc4F)ccc3c2SC)c(F)c1.CCCCCc1ccc(O[B]O)c(F)c1.CSc1c(Br)ccc2c(SC)c(Br)ccc12. The normalized spacial score (nSPS) is 11.0. The zero-order valence-corrected chi connectivity index (χ0v) is 47.2. The molecule has 7 aromatic rings. The van der Waals surface area contributed by atoms with Crippen molar-refractivity contribution in [3.05, 3.63) is 146 Å². The third-order valence-corrected chi connectivity index (χ3v) is 17.2. The Labute approximate surface area is 444 Å². The van der Waals surface area contributed by atoms with Gasteiger partial charge in [0.15, 0.2) is 5.82 Å². The molecule has 2 nitrogen and oxygen atoms in total. The van der Waals surface area contributed by atoms with Gasteiger partial charge in [-0.3, -0.25) is 0 Å². The molecule has 0 atom stereocenters. The third-order valence-electron chi connectivity index (χ3n) is 12.0. The number of unbranched alkanes of at least 4 members (excludes halogenated alkanes) is 6. The van der Waals surface area contributed by atoms with Crippen molar-refractivity contribution in [2.45, 2.75) is 117 Å². The van der Waals surface area contributed by atoms with Gasteiger partial charge in [0.25, 0.3) is 0 Å². The van der Waals surface area contributed by atoms with Crippen LogP contribution in [0, 0.1) is 17.5 Å². The maximum absolute atomic E-state index is 15.3. The zero-order chi connectivity index (χ0) is 49.9. The molecule has 0 aliphatic heterocycles. The van der Waals surface area contributed by atoms with E-state index in [1.54, 1.807) is 59.2 Å². The summed E-state index contributed by atoms with van der Waals surface area (Å²) in [6.45, 7) is 6.50. The fraction of sp³-hybridized carbons (Fsp3) is 0.333. The molecule has 0 saturated heterocycles. The molecule has 0 aliphatic rings. The second-order valence-corrected chi connectivity index (χ2v) is 21.6. The maximum atomic E-state index is 15.3. The maximum Gasteiger partial charge on any atom is 0.569 e. The van der Waals surface area contributed by atoms with E-state index in [2.05, 4.69) is 118 Å². The van der Waals surface area contributed by atoms with Crippen molar-refractivity contribution in [2.24, 2.45) is 0 Å². The number of benzene rings is 7. The van der Waals surface area contributed by atoms with E-state index in [9.17, 15) is 4.39 Å². The molecule has 7 rings (SSSR count). The minimum Gasteiger partial charge on any atom is -0.535 e. The highest BCUT2D eigenvalue weighted by atomic mass is 79.9. The van der Waals surface area contributed by atoms with Gasteiger partial charge in [0.1, 0.15) is 17.4 Å². The molecule has 0 heterocycles. The van der Waals surface area contributed by atoms with Crippen LogP contribution in [0.15, 0.2) is 132 Å². The Morgan fingerprint density at radius 2 is 0.768 bits per heavy atom. The monoisotopic (exact) mass is 1130 g/mol. The van der Waals surface area contributed by atoms with Gasteiger partial charge in [-0.1, -0.05) is 126 Å². The topological polar surface area (TPSA) is 29.5 Å². The fourth-order valence-corrected chi connectivity index (χ4v) is 13.0. The molecule has 0 fully saturated rings. The summed E-state index contributed by atoms with van der Waals surface area (Å²) < 4.78 is 50.8. The number of halogens is 5. The Kier molecular flexibility index (Phi) is 24.4. The molecule has 0 aliphatic carbocycles. The van der Waals surface area contributed by atoms with Crippen molar-refractivity contribution in [3.63, 3.8) is 0 Å². The Hall–Kier alpha value is -2.97. The number of hydrogen-bond acceptors (Lipinski definition) is 6. The van der Waals surface area contributed by atoms with Crippen LogP contribution in [-0.2, 0) is 19.3 Å². The van der Waals surface area contributed by atoms with Gasteiger partial charge in [0.2, 0.25) is 0 Å². The Bertz CT molecular complexity index is 2620. The predicted octanol–water partition coefficient (Wildman–Crippen LogP) is 19.6. The number of rotatable bonds is 20. The Morgan fingerprint density at radius 1 is 0.435 bits per heavy atom. The van der Waals surface area contributed by atoms with E-state index in [1.807, 2.05) is 42.8 Å². The van der Waals surface area contributed by atoms with Gasteiger partial charge in [0, 0.05) is 39.7 Å². The van der Waals surface area contributed by atoms with Crippen molar-refractivity contribution in [1.82, 2.24) is 0 Å². The van der Waals surface area contributed by atoms with Crippen LogP contribution < -0.4 is 4.65 Å². The zero-order valence-electron chi connectivity index (χ0n) is 40.8. The molecule has 1 N–H and O–H groups in total. The van der Waals surface area contributed by atoms with Crippen molar-refractivity contribution < 1.29 is 22.8 Å². The summed E-state index contributed by atoms with van der Waals surface area (Å²) >= 11 is 14.0. The first-order valence-electron chi connectivity index (χ1n) is 23.6. The van der Waals surface area contributed by atoms with E-state index in [1.165, 1.54) is 41.6 Å². The molecule has 0 spiro atoms. The second kappa shape index (κ2) is 29.5. The van der Waals surface area contributed by atoms with Crippen molar-refractivity contribution in [2.75, 3.05) is 25.0 Å². The van der Waals surface area contributed by atoms with Gasteiger partial charge in [-0.15, -0.1) is 47.0 Å². The number of hydrogen-bond donors (Lipinski definition) is 1. The number of thioether (sulfide) groups is 4. The fourth-order valence-electron chi connectivity index (χ4n) is 8.38. The summed E-state index contributed by atoms with van der Waals surface area (Å²) in [7, 11) is 0.481. The first-order chi connectivity index (χ1) is 33.5. The van der Waals surface area contributed by atoms with Gasteiger partial charge in [0.05, 0.1) is 0 Å². The average molecular weight is 1140 g/mol. The van der Waals surface area contributed by atoms with Crippen LogP contribution >= 0.6 is 78.9 Å². The standard InChI is InChI=1S/C34H38F2S2.C12H10Br2S2.C11H15BFO2/c1-5-7-9-11-23-13-15-25(31(35)21-23)27-17-19-30-29(33(27)37-3)20-18-28(34(30)38-4)26-16-14-24(22-32(26)36)12-10-8-6-2;1-15-11-7-3-6-10(14)12(16-2)8(7)4-5-9(11)13;1-2-3-4-5-9-6-7-11(15-12-14)10(13)8-9/h13-22H,5-12H2,1-4H3;3-6H,1-2H3;6-8,14H,2-5H2,1H3. The molecule has 0 saturated carbocycles. The summed E-state index contributed by atoms with van der Waals surface area (Å²) in [5, 5.41) is 13.2. The summed E-state index contributed by atoms with van der Waals surface area (Å²) in [5.74, 6) is -0.723. The molecule has 69 heavy (non-hydrogen) atoms. The highest BCUT2D eigenvalue weighted by Crippen LogP contribution is 2.45. The summed E-state index contributed by atoms with van der Waals surface area (Å²) in [4.78, 5) is 4.71. The molecule has 365 valence electrons. The van der Waals surface area contributed by atoms with Crippen LogP contribution in [-0.4, -0.2) is 37.7 Å². The molecule has 7 aromatic carbocycles. The van der Waals surface area contributed by atoms with E-state index in [4.69, 9.17) is 5.02 Å². The van der Waals surface area contributed by atoms with E-state index in [-0.39, 0.29) is 17.4 Å². The first kappa shape index (κ1) is 56.9. The largest absolute Gasteiger partial charge is 0.569 e. The Balaban J connectivity index is 0.000000234. The molecule has 1 radical (unpaired) electrons. The third kappa shape index (κ3) is 15.3. The lowest BCUT2D eigenvalue weighted by Gasteiger charge is -2.17. The van der Waals surface area contributed by atoms with E-state index >= 15 is 8.78 Å². The molecular formula is C57H63BBr2F3O2S4. The first-order valence-corrected chi connectivity index (χ1v) is 30.1. The molecule has 0 aromatic heterocycles. The lowest BCUT2D eigenvalue weighted by Crippen LogP contribution is -2.02. The van der Waals surface area contributed by atoms with Gasteiger partial charge in [-0.2, -0.15) is 0 Å². The van der Waals surface area contributed by atoms with Crippen LogP contribution in [0.1, 0.15) is 95.2 Å². The van der Waals surface area contributed by atoms with Crippen LogP contribution in [0.4, 0.5) is 13.2 Å². The highest BCUT2D eigenvalue weighted by Gasteiger charge is 2.19. The van der Waals surface area contributed by atoms with Gasteiger partial charge in [-0.25, -0.2) is 13.2 Å². The predicted molar refractivity (Wildman–Crippen MR) is 306 cm³/mol. The Morgan fingerprint density at radius 3 is 1.10 bits per heavy atom. The minimum absolute atomic E-state index is 0.0525. The lowest BCUT2D eigenvalue weighted by molar-refractivity contribution is 0.431. The highest BCUT2D eigenvalue weighted by molar-refractivity contribution is 9.10. The minimum atomic E-state index is -0.436.